The molecule has 1 aromatic carbocycles. The van der Waals surface area contributed by atoms with Crippen LogP contribution in [0.3, 0.4) is 0 Å². The number of amides is 1. The van der Waals surface area contributed by atoms with Gasteiger partial charge in [0.05, 0.1) is 23.0 Å². The Morgan fingerprint density at radius 2 is 2.14 bits per heavy atom. The third-order valence-corrected chi connectivity index (χ3v) is 5.94. The standard InChI is InChI=1S/C18H21N3O6S/c1-10(22)15-13-8-14(28-7-6-19)16(20(13)17(15)23)18(24)27-9-11-2-4-12(5-3-11)21(25)26/h2-5,10,13,15,22H,6-9,19H2,1H3/t10-,13+,15-/m0/s1. The van der Waals surface area contributed by atoms with Crippen molar-refractivity contribution in [2.45, 2.75) is 32.1 Å². The van der Waals surface area contributed by atoms with E-state index in [1.54, 1.807) is 6.92 Å². The number of esters is 1. The summed E-state index contributed by atoms with van der Waals surface area (Å²) in [5.41, 5.74) is 6.32. The lowest BCUT2D eigenvalue weighted by molar-refractivity contribution is -0.384. The number of rotatable bonds is 8. The van der Waals surface area contributed by atoms with Gasteiger partial charge in [0.2, 0.25) is 5.91 Å². The van der Waals surface area contributed by atoms with Crippen LogP contribution >= 0.6 is 11.8 Å². The lowest BCUT2D eigenvalue weighted by Gasteiger charge is -2.44. The Hall–Kier alpha value is -2.43. The number of nitro benzene ring substituents is 1. The van der Waals surface area contributed by atoms with Crippen molar-refractivity contribution in [3.8, 4) is 0 Å². The lowest BCUT2D eigenvalue weighted by atomic mass is 9.83. The number of thioether (sulfide) groups is 1. The van der Waals surface area contributed by atoms with E-state index in [0.29, 0.717) is 24.3 Å². The van der Waals surface area contributed by atoms with Crippen LogP contribution in [-0.2, 0) is 20.9 Å². The van der Waals surface area contributed by atoms with Crippen LogP contribution in [0.1, 0.15) is 18.9 Å². The number of fused-ring (bicyclic) bond motifs is 1. The predicted molar refractivity (Wildman–Crippen MR) is 102 cm³/mol. The number of carbonyl (C=O) groups is 2. The molecule has 0 aromatic heterocycles. The summed E-state index contributed by atoms with van der Waals surface area (Å²) >= 11 is 1.41. The Morgan fingerprint density at radius 3 is 2.71 bits per heavy atom. The summed E-state index contributed by atoms with van der Waals surface area (Å²) in [7, 11) is 0. The normalized spacial score (nSPS) is 22.0. The average Bonchev–Trinajstić information content (AvgIpc) is 2.98. The molecule has 9 nitrogen and oxygen atoms in total. The molecular formula is C18H21N3O6S. The first-order chi connectivity index (χ1) is 13.3. The number of hydrogen-bond donors (Lipinski definition) is 2. The summed E-state index contributed by atoms with van der Waals surface area (Å²) in [5, 5.41) is 20.5. The van der Waals surface area contributed by atoms with Gasteiger partial charge in [-0.1, -0.05) is 0 Å². The third-order valence-electron chi connectivity index (χ3n) is 4.79. The number of nitrogens with zero attached hydrogens (tertiary/aromatic N) is 2. The number of non-ortho nitro benzene ring substituents is 1. The molecule has 2 heterocycles. The maximum Gasteiger partial charge on any atom is 0.356 e. The van der Waals surface area contributed by atoms with E-state index in [0.717, 1.165) is 4.91 Å². The van der Waals surface area contributed by atoms with Crippen molar-refractivity contribution in [3.63, 3.8) is 0 Å². The van der Waals surface area contributed by atoms with Gasteiger partial charge in [-0.05, 0) is 24.6 Å². The number of nitrogens with two attached hydrogens (primary N) is 1. The molecular weight excluding hydrogens is 386 g/mol. The number of hydrogen-bond acceptors (Lipinski definition) is 8. The molecule has 0 saturated carbocycles. The van der Waals surface area contributed by atoms with Crippen molar-refractivity contribution >= 4 is 29.3 Å². The molecule has 3 atom stereocenters. The first-order valence-corrected chi connectivity index (χ1v) is 9.81. The van der Waals surface area contributed by atoms with E-state index in [2.05, 4.69) is 0 Å². The van der Waals surface area contributed by atoms with Crippen LogP contribution < -0.4 is 5.73 Å². The molecule has 0 radical (unpaired) electrons. The van der Waals surface area contributed by atoms with Crippen LogP contribution in [-0.4, -0.2) is 51.2 Å². The van der Waals surface area contributed by atoms with Crippen molar-refractivity contribution in [1.29, 1.82) is 0 Å². The minimum absolute atomic E-state index is 0.0489. The summed E-state index contributed by atoms with van der Waals surface area (Å²) < 4.78 is 5.35. The molecule has 10 heteroatoms. The van der Waals surface area contributed by atoms with Gasteiger partial charge in [0.15, 0.2) is 0 Å². The second-order valence-corrected chi connectivity index (χ2v) is 7.84. The minimum atomic E-state index is -0.787. The maximum atomic E-state index is 12.7. The van der Waals surface area contributed by atoms with Crippen LogP contribution in [0.2, 0.25) is 0 Å². The molecule has 3 rings (SSSR count). The number of benzene rings is 1. The zero-order valence-corrected chi connectivity index (χ0v) is 16.1. The van der Waals surface area contributed by atoms with Gasteiger partial charge in [-0.2, -0.15) is 0 Å². The molecule has 150 valence electrons. The predicted octanol–water partition coefficient (Wildman–Crippen LogP) is 1.15. The lowest BCUT2D eigenvalue weighted by Crippen LogP contribution is -2.61. The monoisotopic (exact) mass is 407 g/mol. The quantitative estimate of drug-likeness (QED) is 0.283. The molecule has 0 spiro atoms. The van der Waals surface area contributed by atoms with E-state index in [9.17, 15) is 24.8 Å². The SMILES string of the molecule is C[C@H](O)[C@@H]1C(=O)N2C(C(=O)OCc3ccc([N+](=O)[O-])cc3)=C(SCCN)C[C@H]12. The number of aliphatic hydroxyl groups is 1. The van der Waals surface area contributed by atoms with Crippen molar-refractivity contribution in [3.05, 3.63) is 50.5 Å². The van der Waals surface area contributed by atoms with Gasteiger partial charge < -0.3 is 20.5 Å². The fourth-order valence-corrected chi connectivity index (χ4v) is 4.43. The number of carbonyl (C=O) groups excluding carboxylic acids is 2. The third kappa shape index (κ3) is 3.75. The number of ether oxygens (including phenoxy) is 1. The Bertz CT molecular complexity index is 823. The first kappa shape index (κ1) is 20.3. The van der Waals surface area contributed by atoms with E-state index in [4.69, 9.17) is 10.5 Å². The molecule has 1 fully saturated rings. The van der Waals surface area contributed by atoms with Gasteiger partial charge in [-0.25, -0.2) is 4.79 Å². The van der Waals surface area contributed by atoms with Gasteiger partial charge in [-0.15, -0.1) is 11.8 Å². The van der Waals surface area contributed by atoms with Gasteiger partial charge in [-0.3, -0.25) is 14.9 Å². The van der Waals surface area contributed by atoms with Crippen LogP contribution in [0.15, 0.2) is 34.9 Å². The van der Waals surface area contributed by atoms with E-state index in [-0.39, 0.29) is 29.9 Å². The zero-order chi connectivity index (χ0) is 20.4. The number of aliphatic hydroxyl groups excluding tert-OH is 1. The molecule has 0 aliphatic carbocycles. The van der Waals surface area contributed by atoms with Gasteiger partial charge in [0, 0.05) is 35.8 Å². The summed E-state index contributed by atoms with van der Waals surface area (Å²) in [6, 6.07) is 5.46. The van der Waals surface area contributed by atoms with Crippen LogP contribution in [0.4, 0.5) is 5.69 Å². The van der Waals surface area contributed by atoms with Crippen molar-refractivity contribution in [1.82, 2.24) is 4.90 Å². The van der Waals surface area contributed by atoms with E-state index in [1.807, 2.05) is 0 Å². The molecule has 3 N–H and O–H groups in total. The number of β-lactam (4-membered cyclic amide) rings is 1. The van der Waals surface area contributed by atoms with Crippen LogP contribution in [0.5, 0.6) is 0 Å². The largest absolute Gasteiger partial charge is 0.456 e. The van der Waals surface area contributed by atoms with Gasteiger partial charge in [0.25, 0.3) is 5.69 Å². The molecule has 28 heavy (non-hydrogen) atoms. The summed E-state index contributed by atoms with van der Waals surface area (Å²) in [5.74, 6) is -0.834. The Morgan fingerprint density at radius 1 is 1.46 bits per heavy atom. The van der Waals surface area contributed by atoms with Crippen LogP contribution in [0.25, 0.3) is 0 Å². The highest BCUT2D eigenvalue weighted by Gasteiger charge is 2.56. The maximum absolute atomic E-state index is 12.7. The first-order valence-electron chi connectivity index (χ1n) is 8.82. The molecule has 2 aliphatic heterocycles. The Kier molecular flexibility index (Phi) is 6.01. The minimum Gasteiger partial charge on any atom is -0.456 e. The second-order valence-electron chi connectivity index (χ2n) is 6.65. The Labute approximate surface area is 165 Å². The molecule has 1 saturated heterocycles. The van der Waals surface area contributed by atoms with Gasteiger partial charge >= 0.3 is 5.97 Å². The summed E-state index contributed by atoms with van der Waals surface area (Å²) in [6.45, 7) is 1.93. The van der Waals surface area contributed by atoms with Crippen LogP contribution in [0, 0.1) is 16.0 Å². The summed E-state index contributed by atoms with van der Waals surface area (Å²) in [4.78, 5) is 37.5. The zero-order valence-electron chi connectivity index (χ0n) is 15.2. The Balaban J connectivity index is 1.72. The van der Waals surface area contributed by atoms with Crippen molar-refractivity contribution in [2.24, 2.45) is 11.7 Å². The highest BCUT2D eigenvalue weighted by Crippen LogP contribution is 2.47. The highest BCUT2D eigenvalue weighted by atomic mass is 32.2. The summed E-state index contributed by atoms with van der Waals surface area (Å²) in [6.07, 6.45) is -0.293. The molecule has 0 unspecified atom stereocenters. The van der Waals surface area contributed by atoms with E-state index >= 15 is 0 Å². The highest BCUT2D eigenvalue weighted by molar-refractivity contribution is 8.03. The van der Waals surface area contributed by atoms with Crippen molar-refractivity contribution in [2.75, 3.05) is 12.3 Å². The molecule has 1 aromatic rings. The van der Waals surface area contributed by atoms with E-state index < -0.39 is 22.9 Å². The molecule has 2 aliphatic rings. The van der Waals surface area contributed by atoms with E-state index in [1.165, 1.54) is 40.9 Å². The fraction of sp³-hybridized carbons (Fsp3) is 0.444. The smallest absolute Gasteiger partial charge is 0.356 e. The number of nitro groups is 1. The molecule has 0 bridgehead atoms. The second kappa shape index (κ2) is 8.29. The average molecular weight is 407 g/mol. The van der Waals surface area contributed by atoms with Gasteiger partial charge in [0.1, 0.15) is 12.3 Å². The fourth-order valence-electron chi connectivity index (χ4n) is 3.46. The van der Waals surface area contributed by atoms with Crippen molar-refractivity contribution < 1.29 is 24.4 Å². The molecule has 1 amide bonds. The topological polar surface area (TPSA) is 136 Å².